The fourth-order valence-corrected chi connectivity index (χ4v) is 3.64. The number of hydrogen-bond donors (Lipinski definition) is 0. The summed E-state index contributed by atoms with van der Waals surface area (Å²) in [7, 11) is 0. The lowest BCUT2D eigenvalue weighted by atomic mass is 10.1. The topological polar surface area (TPSA) is 26.8 Å². The molecule has 2 heterocycles. The van der Waals surface area contributed by atoms with Gasteiger partial charge >= 0.3 is 0 Å². The van der Waals surface area contributed by atoms with E-state index in [0.717, 1.165) is 31.9 Å². The number of rotatable bonds is 5. The number of carbonyl (C=O) groups excluding carboxylic acids is 1. The van der Waals surface area contributed by atoms with Gasteiger partial charge in [-0.3, -0.25) is 4.79 Å². The van der Waals surface area contributed by atoms with Crippen LogP contribution in [0.4, 0.5) is 11.4 Å². The van der Waals surface area contributed by atoms with Crippen molar-refractivity contribution in [2.24, 2.45) is 5.92 Å². The Morgan fingerprint density at radius 1 is 1.00 bits per heavy atom. The van der Waals surface area contributed by atoms with Crippen molar-refractivity contribution in [1.82, 2.24) is 4.90 Å². The van der Waals surface area contributed by atoms with Gasteiger partial charge in [0, 0.05) is 32.6 Å². The Labute approximate surface area is 140 Å². The van der Waals surface area contributed by atoms with Crippen LogP contribution in [0, 0.1) is 5.92 Å². The van der Waals surface area contributed by atoms with Crippen molar-refractivity contribution < 1.29 is 4.79 Å². The Kier molecular flexibility index (Phi) is 5.21. The Morgan fingerprint density at radius 2 is 1.70 bits per heavy atom. The molecule has 1 saturated heterocycles. The minimum Gasteiger partial charge on any atom is -0.367 e. The van der Waals surface area contributed by atoms with Crippen molar-refractivity contribution in [1.29, 1.82) is 0 Å². The summed E-state index contributed by atoms with van der Waals surface area (Å²) < 4.78 is 0. The Bertz CT molecular complexity index is 537. The summed E-state index contributed by atoms with van der Waals surface area (Å²) in [5.74, 6) is 0.662. The number of anilines is 2. The molecule has 1 aromatic carbocycles. The van der Waals surface area contributed by atoms with E-state index in [9.17, 15) is 4.79 Å². The van der Waals surface area contributed by atoms with E-state index in [-0.39, 0.29) is 5.91 Å². The van der Waals surface area contributed by atoms with E-state index in [1.165, 1.54) is 31.6 Å². The van der Waals surface area contributed by atoms with Crippen molar-refractivity contribution >= 4 is 17.3 Å². The molecule has 1 fully saturated rings. The number of fused-ring (bicyclic) bond motifs is 1. The third-order valence-electron chi connectivity index (χ3n) is 4.88. The quantitative estimate of drug-likeness (QED) is 0.836. The van der Waals surface area contributed by atoms with E-state index in [1.54, 1.807) is 0 Å². The predicted molar refractivity (Wildman–Crippen MR) is 96.1 cm³/mol. The summed E-state index contributed by atoms with van der Waals surface area (Å²) in [5, 5.41) is 0. The molecular formula is C19H29N3O. The van der Waals surface area contributed by atoms with Crippen LogP contribution < -0.4 is 9.80 Å². The molecule has 0 unspecified atom stereocenters. The fraction of sp³-hybridized carbons (Fsp3) is 0.632. The van der Waals surface area contributed by atoms with Gasteiger partial charge in [-0.2, -0.15) is 0 Å². The highest BCUT2D eigenvalue weighted by Gasteiger charge is 2.27. The first-order chi connectivity index (χ1) is 11.1. The van der Waals surface area contributed by atoms with E-state index in [1.807, 2.05) is 11.0 Å². The van der Waals surface area contributed by atoms with Gasteiger partial charge in [-0.25, -0.2) is 0 Å². The molecule has 0 atom stereocenters. The third kappa shape index (κ3) is 3.86. The molecule has 2 aliphatic rings. The van der Waals surface area contributed by atoms with Crippen molar-refractivity contribution in [3.8, 4) is 0 Å². The second kappa shape index (κ2) is 7.35. The molecule has 4 nitrogen and oxygen atoms in total. The lowest BCUT2D eigenvalue weighted by Gasteiger charge is -2.38. The number of hydrogen-bond acceptors (Lipinski definition) is 3. The molecule has 126 valence electrons. The van der Waals surface area contributed by atoms with Crippen LogP contribution in [0.2, 0.25) is 0 Å². The second-order valence-electron chi connectivity index (χ2n) is 7.17. The molecule has 3 rings (SSSR count). The molecule has 1 amide bonds. The van der Waals surface area contributed by atoms with Crippen LogP contribution in [0.15, 0.2) is 24.3 Å². The van der Waals surface area contributed by atoms with Gasteiger partial charge in [-0.1, -0.05) is 26.0 Å². The highest BCUT2D eigenvalue weighted by molar-refractivity contribution is 5.97. The fourth-order valence-electron chi connectivity index (χ4n) is 3.64. The third-order valence-corrected chi connectivity index (χ3v) is 4.88. The Morgan fingerprint density at radius 3 is 2.39 bits per heavy atom. The highest BCUT2D eigenvalue weighted by atomic mass is 16.2. The minimum atomic E-state index is 0.256. The first kappa shape index (κ1) is 16.3. The molecule has 0 radical (unpaired) electrons. The lowest BCUT2D eigenvalue weighted by molar-refractivity contribution is -0.119. The van der Waals surface area contributed by atoms with Gasteiger partial charge in [0.1, 0.15) is 0 Å². The molecule has 0 bridgehead atoms. The molecule has 23 heavy (non-hydrogen) atoms. The first-order valence-corrected chi connectivity index (χ1v) is 9.02. The van der Waals surface area contributed by atoms with Gasteiger partial charge in [-0.15, -0.1) is 0 Å². The molecule has 0 saturated carbocycles. The minimum absolute atomic E-state index is 0.256. The summed E-state index contributed by atoms with van der Waals surface area (Å²) in [6.45, 7) is 10.6. The van der Waals surface area contributed by atoms with E-state index >= 15 is 0 Å². The predicted octanol–water partition coefficient (Wildman–Crippen LogP) is 2.98. The lowest BCUT2D eigenvalue weighted by Crippen LogP contribution is -2.46. The number of benzene rings is 1. The van der Waals surface area contributed by atoms with E-state index in [4.69, 9.17) is 0 Å². The molecule has 0 spiro atoms. The second-order valence-corrected chi connectivity index (χ2v) is 7.17. The van der Waals surface area contributed by atoms with Crippen LogP contribution >= 0.6 is 0 Å². The zero-order chi connectivity index (χ0) is 16.2. The van der Waals surface area contributed by atoms with Gasteiger partial charge in [0.2, 0.25) is 5.91 Å². The molecule has 0 aliphatic carbocycles. The average Bonchev–Trinajstić information content (AvgIpc) is 3.05. The highest BCUT2D eigenvalue weighted by Crippen LogP contribution is 2.33. The normalized spacial score (nSPS) is 18.6. The smallest absolute Gasteiger partial charge is 0.227 e. The first-order valence-electron chi connectivity index (χ1n) is 9.02. The van der Waals surface area contributed by atoms with E-state index < -0.39 is 0 Å². The van der Waals surface area contributed by atoms with Crippen LogP contribution in [0.3, 0.4) is 0 Å². The Hall–Kier alpha value is -1.55. The van der Waals surface area contributed by atoms with Crippen molar-refractivity contribution in [2.75, 3.05) is 49.1 Å². The van der Waals surface area contributed by atoms with E-state index in [0.29, 0.717) is 12.3 Å². The maximum absolute atomic E-state index is 12.5. The zero-order valence-corrected chi connectivity index (χ0v) is 14.5. The largest absolute Gasteiger partial charge is 0.367 e. The monoisotopic (exact) mass is 315 g/mol. The average molecular weight is 315 g/mol. The van der Waals surface area contributed by atoms with Gasteiger partial charge in [0.05, 0.1) is 11.4 Å². The summed E-state index contributed by atoms with van der Waals surface area (Å²) >= 11 is 0. The summed E-state index contributed by atoms with van der Waals surface area (Å²) in [4.78, 5) is 19.5. The van der Waals surface area contributed by atoms with Gasteiger partial charge in [0.25, 0.3) is 0 Å². The SMILES string of the molecule is CC(C)CC(=O)N1CCN(CCN2CCCC2)c2ccccc21. The maximum Gasteiger partial charge on any atom is 0.227 e. The van der Waals surface area contributed by atoms with Crippen LogP contribution in [-0.2, 0) is 4.79 Å². The maximum atomic E-state index is 12.5. The van der Waals surface area contributed by atoms with Gasteiger partial charge in [-0.05, 0) is 44.0 Å². The Balaban J connectivity index is 1.70. The molecule has 0 N–H and O–H groups in total. The molecule has 1 aromatic rings. The summed E-state index contributed by atoms with van der Waals surface area (Å²) in [6, 6.07) is 8.38. The summed E-state index contributed by atoms with van der Waals surface area (Å²) in [5.41, 5.74) is 2.31. The number of amides is 1. The summed E-state index contributed by atoms with van der Waals surface area (Å²) in [6.07, 6.45) is 3.31. The van der Waals surface area contributed by atoms with Crippen LogP contribution in [0.5, 0.6) is 0 Å². The zero-order valence-electron chi connectivity index (χ0n) is 14.5. The number of likely N-dealkylation sites (tertiary alicyclic amines) is 1. The van der Waals surface area contributed by atoms with Crippen molar-refractivity contribution in [2.45, 2.75) is 33.1 Å². The van der Waals surface area contributed by atoms with Crippen LogP contribution in [0.25, 0.3) is 0 Å². The van der Waals surface area contributed by atoms with Crippen molar-refractivity contribution in [3.63, 3.8) is 0 Å². The number of nitrogens with zero attached hydrogens (tertiary/aromatic N) is 3. The van der Waals surface area contributed by atoms with Crippen molar-refractivity contribution in [3.05, 3.63) is 24.3 Å². The van der Waals surface area contributed by atoms with Gasteiger partial charge < -0.3 is 14.7 Å². The standard InChI is InChI=1S/C19H29N3O/c1-16(2)15-19(23)22-14-13-21(12-11-20-9-5-6-10-20)17-7-3-4-8-18(17)22/h3-4,7-8,16H,5-6,9-15H2,1-2H3. The number of para-hydroxylation sites is 2. The van der Waals surface area contributed by atoms with Gasteiger partial charge in [0.15, 0.2) is 0 Å². The van der Waals surface area contributed by atoms with E-state index in [2.05, 4.69) is 41.8 Å². The molecule has 4 heteroatoms. The molecule has 2 aliphatic heterocycles. The molecule has 0 aromatic heterocycles. The molecular weight excluding hydrogens is 286 g/mol. The number of carbonyl (C=O) groups is 1. The van der Waals surface area contributed by atoms with Crippen LogP contribution in [-0.4, -0.2) is 50.1 Å². The van der Waals surface area contributed by atoms with Crippen LogP contribution in [0.1, 0.15) is 33.1 Å².